The number of rotatable bonds is 7. The van der Waals surface area contributed by atoms with Gasteiger partial charge in [0.25, 0.3) is 5.91 Å². The smallest absolute Gasteiger partial charge is 0.260 e. The van der Waals surface area contributed by atoms with Crippen LogP contribution in [0.4, 0.5) is 0 Å². The van der Waals surface area contributed by atoms with Crippen LogP contribution in [0, 0.1) is 11.3 Å². The summed E-state index contributed by atoms with van der Waals surface area (Å²) in [5, 5.41) is 9.60. The Bertz CT molecular complexity index is 755. The molecule has 2 aromatic rings. The number of carbonyl (C=O) groups excluding carboxylic acids is 1. The lowest BCUT2D eigenvalue weighted by atomic mass is 10.2. The minimum absolute atomic E-state index is 0.182. The van der Waals surface area contributed by atoms with Gasteiger partial charge in [0.15, 0.2) is 12.4 Å². The second-order valence-electron chi connectivity index (χ2n) is 5.20. The summed E-state index contributed by atoms with van der Waals surface area (Å²) >= 11 is 15.3. The Kier molecular flexibility index (Phi) is 7.57. The predicted molar refractivity (Wildman–Crippen MR) is 102 cm³/mol. The van der Waals surface area contributed by atoms with Crippen molar-refractivity contribution in [2.75, 3.05) is 13.2 Å². The van der Waals surface area contributed by atoms with E-state index in [0.717, 1.165) is 5.56 Å². The molecule has 0 atom stereocenters. The van der Waals surface area contributed by atoms with E-state index >= 15 is 0 Å². The van der Waals surface area contributed by atoms with Gasteiger partial charge in [-0.05, 0) is 33.6 Å². The number of ether oxygens (including phenoxy) is 1. The molecule has 1 amide bonds. The van der Waals surface area contributed by atoms with Gasteiger partial charge < -0.3 is 9.64 Å². The molecule has 2 rings (SSSR count). The highest BCUT2D eigenvalue weighted by Gasteiger charge is 2.17. The van der Waals surface area contributed by atoms with Crippen LogP contribution in [-0.2, 0) is 11.3 Å². The number of nitrogens with zero attached hydrogens (tertiary/aromatic N) is 2. The van der Waals surface area contributed by atoms with E-state index in [0.29, 0.717) is 33.4 Å². The fourth-order valence-corrected chi connectivity index (χ4v) is 3.54. The second-order valence-corrected chi connectivity index (χ2v) is 6.89. The number of carbonyl (C=O) groups is 1. The number of amides is 1. The predicted octanol–water partition coefficient (Wildman–Crippen LogP) is 5.08. The molecule has 0 unspecified atom stereocenters. The third-order valence-corrected chi connectivity index (χ3v) is 4.45. The van der Waals surface area contributed by atoms with Crippen molar-refractivity contribution in [2.45, 2.75) is 13.0 Å². The zero-order valence-corrected chi connectivity index (χ0v) is 16.3. The van der Waals surface area contributed by atoms with E-state index in [1.54, 1.807) is 17.0 Å². The molecule has 0 saturated carbocycles. The quantitative estimate of drug-likeness (QED) is 0.602. The minimum atomic E-state index is -0.225. The van der Waals surface area contributed by atoms with Crippen molar-refractivity contribution in [3.8, 4) is 11.8 Å². The van der Waals surface area contributed by atoms with Crippen LogP contribution in [0.1, 0.15) is 12.0 Å². The first-order valence-corrected chi connectivity index (χ1v) is 9.02. The summed E-state index contributed by atoms with van der Waals surface area (Å²) in [4.78, 5) is 14.1. The number of halogens is 3. The SMILES string of the molecule is N#CCCN(Cc1ccccc1)C(=O)COc1c(Cl)cc(Cl)cc1Br. The van der Waals surface area contributed by atoms with Crippen LogP contribution < -0.4 is 4.74 Å². The average Bonchev–Trinajstić information content (AvgIpc) is 2.58. The lowest BCUT2D eigenvalue weighted by Crippen LogP contribution is -2.35. The third kappa shape index (κ3) is 5.93. The van der Waals surface area contributed by atoms with E-state index in [-0.39, 0.29) is 18.9 Å². The van der Waals surface area contributed by atoms with Crippen LogP contribution in [0.25, 0.3) is 0 Å². The zero-order valence-electron chi connectivity index (χ0n) is 13.2. The molecule has 0 fully saturated rings. The fraction of sp³-hybridized carbons (Fsp3) is 0.222. The Hall–Kier alpha value is -1.74. The van der Waals surface area contributed by atoms with Gasteiger partial charge in [0.2, 0.25) is 0 Å². The maximum absolute atomic E-state index is 12.5. The lowest BCUT2D eigenvalue weighted by Gasteiger charge is -2.22. The number of benzene rings is 2. The Morgan fingerprint density at radius 3 is 2.60 bits per heavy atom. The monoisotopic (exact) mass is 440 g/mol. The first-order chi connectivity index (χ1) is 12.0. The van der Waals surface area contributed by atoms with Crippen LogP contribution >= 0.6 is 39.1 Å². The number of hydrogen-bond acceptors (Lipinski definition) is 3. The molecule has 130 valence electrons. The molecule has 7 heteroatoms. The highest BCUT2D eigenvalue weighted by atomic mass is 79.9. The van der Waals surface area contributed by atoms with Gasteiger partial charge in [0.1, 0.15) is 0 Å². The number of nitriles is 1. The van der Waals surface area contributed by atoms with Crippen molar-refractivity contribution in [1.29, 1.82) is 5.26 Å². The van der Waals surface area contributed by atoms with Gasteiger partial charge in [0, 0.05) is 18.1 Å². The molecule has 25 heavy (non-hydrogen) atoms. The third-order valence-electron chi connectivity index (χ3n) is 3.37. The van der Waals surface area contributed by atoms with Gasteiger partial charge in [0.05, 0.1) is 22.0 Å². The zero-order chi connectivity index (χ0) is 18.2. The second kappa shape index (κ2) is 9.67. The summed E-state index contributed by atoms with van der Waals surface area (Å²) in [7, 11) is 0. The Morgan fingerprint density at radius 2 is 1.96 bits per heavy atom. The summed E-state index contributed by atoms with van der Waals surface area (Å²) in [5.41, 5.74) is 0.986. The summed E-state index contributed by atoms with van der Waals surface area (Å²) in [6, 6.07) is 14.8. The van der Waals surface area contributed by atoms with E-state index in [9.17, 15) is 4.79 Å². The van der Waals surface area contributed by atoms with Gasteiger partial charge in [-0.15, -0.1) is 0 Å². The van der Waals surface area contributed by atoms with Crippen LogP contribution in [0.2, 0.25) is 10.0 Å². The number of hydrogen-bond donors (Lipinski definition) is 0. The van der Waals surface area contributed by atoms with E-state index in [1.807, 2.05) is 30.3 Å². The first-order valence-electron chi connectivity index (χ1n) is 7.47. The summed E-state index contributed by atoms with van der Waals surface area (Å²) in [6.07, 6.45) is 0.254. The van der Waals surface area contributed by atoms with Crippen LogP contribution in [-0.4, -0.2) is 24.0 Å². The highest BCUT2D eigenvalue weighted by Crippen LogP contribution is 2.36. The average molecular weight is 442 g/mol. The van der Waals surface area contributed by atoms with Crippen molar-refractivity contribution in [3.63, 3.8) is 0 Å². The van der Waals surface area contributed by atoms with Crippen molar-refractivity contribution >= 4 is 45.0 Å². The van der Waals surface area contributed by atoms with Gasteiger partial charge in [-0.3, -0.25) is 4.79 Å². The first kappa shape index (κ1) is 19.6. The van der Waals surface area contributed by atoms with Gasteiger partial charge in [-0.2, -0.15) is 5.26 Å². The minimum Gasteiger partial charge on any atom is -0.481 e. The lowest BCUT2D eigenvalue weighted by molar-refractivity contribution is -0.133. The normalized spacial score (nSPS) is 10.2. The van der Waals surface area contributed by atoms with Crippen LogP contribution in [0.5, 0.6) is 5.75 Å². The molecule has 0 aliphatic rings. The summed E-state index contributed by atoms with van der Waals surface area (Å²) in [6.45, 7) is 0.571. The Balaban J connectivity index is 2.05. The molecular formula is C18H15BrCl2N2O2. The van der Waals surface area contributed by atoms with E-state index < -0.39 is 0 Å². The molecule has 0 bridgehead atoms. The maximum atomic E-state index is 12.5. The van der Waals surface area contributed by atoms with Crippen molar-refractivity contribution in [2.24, 2.45) is 0 Å². The fourth-order valence-electron chi connectivity index (χ4n) is 2.17. The highest BCUT2D eigenvalue weighted by molar-refractivity contribution is 9.10. The molecule has 2 aromatic carbocycles. The maximum Gasteiger partial charge on any atom is 0.260 e. The molecule has 0 saturated heterocycles. The van der Waals surface area contributed by atoms with Gasteiger partial charge >= 0.3 is 0 Å². The van der Waals surface area contributed by atoms with Crippen LogP contribution in [0.3, 0.4) is 0 Å². The largest absolute Gasteiger partial charge is 0.481 e. The van der Waals surface area contributed by atoms with E-state index in [2.05, 4.69) is 22.0 Å². The summed E-state index contributed by atoms with van der Waals surface area (Å²) < 4.78 is 6.14. The van der Waals surface area contributed by atoms with Crippen LogP contribution in [0.15, 0.2) is 46.9 Å². The Morgan fingerprint density at radius 1 is 1.24 bits per heavy atom. The molecule has 4 nitrogen and oxygen atoms in total. The molecule has 0 aromatic heterocycles. The van der Waals surface area contributed by atoms with E-state index in [1.165, 1.54) is 0 Å². The molecule has 0 N–H and O–H groups in total. The van der Waals surface area contributed by atoms with Gasteiger partial charge in [-0.1, -0.05) is 53.5 Å². The summed E-state index contributed by atoms with van der Waals surface area (Å²) in [5.74, 6) is 0.136. The molecule has 0 heterocycles. The Labute approximate surface area is 165 Å². The van der Waals surface area contributed by atoms with Crippen molar-refractivity contribution in [3.05, 3.63) is 62.5 Å². The molecule has 0 aliphatic carbocycles. The molecule has 0 aliphatic heterocycles. The van der Waals surface area contributed by atoms with Crippen molar-refractivity contribution < 1.29 is 9.53 Å². The standard InChI is InChI=1S/C18H15BrCl2N2O2/c19-15-9-14(20)10-16(21)18(15)25-12-17(24)23(8-4-7-22)11-13-5-2-1-3-6-13/h1-3,5-6,9-10H,4,8,11-12H2. The molecule has 0 spiro atoms. The van der Waals surface area contributed by atoms with Crippen molar-refractivity contribution in [1.82, 2.24) is 4.90 Å². The van der Waals surface area contributed by atoms with Gasteiger partial charge in [-0.25, -0.2) is 0 Å². The molecule has 0 radical (unpaired) electrons. The van der Waals surface area contributed by atoms with E-state index in [4.69, 9.17) is 33.2 Å². The topological polar surface area (TPSA) is 53.3 Å². The molecular weight excluding hydrogens is 427 g/mol.